The van der Waals surface area contributed by atoms with E-state index in [2.05, 4.69) is 10.6 Å². The molecule has 2 aromatic rings. The predicted octanol–water partition coefficient (Wildman–Crippen LogP) is 2.29. The highest BCUT2D eigenvalue weighted by molar-refractivity contribution is 6.39. The van der Waals surface area contributed by atoms with E-state index in [1.807, 2.05) is 0 Å². The van der Waals surface area contributed by atoms with Crippen molar-refractivity contribution in [1.29, 1.82) is 0 Å². The van der Waals surface area contributed by atoms with Crippen LogP contribution in [0, 0.1) is 12.7 Å². The van der Waals surface area contributed by atoms with Crippen LogP contribution in [0.15, 0.2) is 41.0 Å². The van der Waals surface area contributed by atoms with E-state index in [-0.39, 0.29) is 12.1 Å². The number of rotatable bonds is 5. The number of furan rings is 1. The summed E-state index contributed by atoms with van der Waals surface area (Å²) in [7, 11) is 0. The van der Waals surface area contributed by atoms with Gasteiger partial charge in [-0.05, 0) is 49.7 Å². The lowest BCUT2D eigenvalue weighted by Gasteiger charge is -2.16. The molecule has 0 bridgehead atoms. The number of carbonyl (C=O) groups excluding carboxylic acids is 2. The lowest BCUT2D eigenvalue weighted by atomic mass is 10.1. The molecule has 2 atom stereocenters. The third-order valence-corrected chi connectivity index (χ3v) is 3.33. The fourth-order valence-corrected chi connectivity index (χ4v) is 2.28. The molecule has 1 aromatic heterocycles. The van der Waals surface area contributed by atoms with Gasteiger partial charge in [0.15, 0.2) is 0 Å². The normalized spacial score (nSPS) is 13.2. The summed E-state index contributed by atoms with van der Waals surface area (Å²) in [5.74, 6) is -1.88. The summed E-state index contributed by atoms with van der Waals surface area (Å²) in [4.78, 5) is 23.7. The van der Waals surface area contributed by atoms with Crippen molar-refractivity contribution in [2.24, 2.45) is 0 Å². The van der Waals surface area contributed by atoms with Gasteiger partial charge in [0.25, 0.3) is 0 Å². The molecule has 2 rings (SSSR count). The third-order valence-electron chi connectivity index (χ3n) is 3.33. The van der Waals surface area contributed by atoms with Gasteiger partial charge in [-0.3, -0.25) is 9.59 Å². The third kappa shape index (κ3) is 4.92. The first-order valence-electron chi connectivity index (χ1n) is 7.45. The standard InChI is InChI=1S/C17H19FN2O4/c1-10-6-12(18)9-13(7-10)20-17(23)16(22)19-11(2)8-14(21)15-4-3-5-24-15/h3-7,9,11,14,21H,8H2,1-2H3,(H,19,22)(H,20,23). The van der Waals surface area contributed by atoms with Crippen LogP contribution < -0.4 is 10.6 Å². The van der Waals surface area contributed by atoms with Gasteiger partial charge in [-0.25, -0.2) is 4.39 Å². The molecule has 3 N–H and O–H groups in total. The molecule has 0 aliphatic heterocycles. The molecule has 1 heterocycles. The fraction of sp³-hybridized carbons (Fsp3) is 0.294. The lowest BCUT2D eigenvalue weighted by Crippen LogP contribution is -2.41. The average molecular weight is 334 g/mol. The first-order chi connectivity index (χ1) is 11.3. The number of aryl methyl sites for hydroxylation is 1. The number of halogens is 1. The molecular formula is C17H19FN2O4. The summed E-state index contributed by atoms with van der Waals surface area (Å²) in [6, 6.07) is 6.81. The van der Waals surface area contributed by atoms with Crippen molar-refractivity contribution >= 4 is 17.5 Å². The topological polar surface area (TPSA) is 91.6 Å². The van der Waals surface area contributed by atoms with Crippen LogP contribution in [-0.2, 0) is 9.59 Å². The van der Waals surface area contributed by atoms with Gasteiger partial charge in [0.1, 0.15) is 17.7 Å². The van der Waals surface area contributed by atoms with E-state index in [4.69, 9.17) is 4.42 Å². The van der Waals surface area contributed by atoms with Crippen LogP contribution in [0.2, 0.25) is 0 Å². The van der Waals surface area contributed by atoms with E-state index in [1.165, 1.54) is 12.3 Å². The highest BCUT2D eigenvalue weighted by Crippen LogP contribution is 2.18. The number of hydrogen-bond acceptors (Lipinski definition) is 4. The van der Waals surface area contributed by atoms with Crippen molar-refractivity contribution in [2.45, 2.75) is 32.4 Å². The second kappa shape index (κ2) is 7.74. The molecule has 6 nitrogen and oxygen atoms in total. The predicted molar refractivity (Wildman–Crippen MR) is 85.7 cm³/mol. The van der Waals surface area contributed by atoms with Crippen LogP contribution in [0.5, 0.6) is 0 Å². The molecule has 2 amide bonds. The molecule has 0 fully saturated rings. The minimum absolute atomic E-state index is 0.186. The van der Waals surface area contributed by atoms with Crippen molar-refractivity contribution < 1.29 is 23.5 Å². The van der Waals surface area contributed by atoms with E-state index >= 15 is 0 Å². The Morgan fingerprint density at radius 3 is 2.67 bits per heavy atom. The molecule has 128 valence electrons. The zero-order valence-corrected chi connectivity index (χ0v) is 13.4. The first-order valence-corrected chi connectivity index (χ1v) is 7.45. The summed E-state index contributed by atoms with van der Waals surface area (Å²) < 4.78 is 18.4. The maximum Gasteiger partial charge on any atom is 0.313 e. The summed E-state index contributed by atoms with van der Waals surface area (Å²) in [6.45, 7) is 3.33. The van der Waals surface area contributed by atoms with Gasteiger partial charge in [0.05, 0.1) is 6.26 Å². The second-order valence-electron chi connectivity index (χ2n) is 5.61. The van der Waals surface area contributed by atoms with Gasteiger partial charge in [0, 0.05) is 18.2 Å². The first kappa shape index (κ1) is 17.7. The van der Waals surface area contributed by atoms with Crippen LogP contribution >= 0.6 is 0 Å². The Labute approximate surface area is 138 Å². The van der Waals surface area contributed by atoms with E-state index in [0.717, 1.165) is 6.07 Å². The molecule has 2 unspecified atom stereocenters. The monoisotopic (exact) mass is 334 g/mol. The van der Waals surface area contributed by atoms with Crippen molar-refractivity contribution in [1.82, 2.24) is 5.32 Å². The Balaban J connectivity index is 1.87. The summed E-state index contributed by atoms with van der Waals surface area (Å²) >= 11 is 0. The van der Waals surface area contributed by atoms with Gasteiger partial charge in [0.2, 0.25) is 0 Å². The van der Waals surface area contributed by atoms with Crippen LogP contribution in [0.3, 0.4) is 0 Å². The Morgan fingerprint density at radius 2 is 2.04 bits per heavy atom. The fourth-order valence-electron chi connectivity index (χ4n) is 2.28. The molecule has 0 aliphatic carbocycles. The Hall–Kier alpha value is -2.67. The van der Waals surface area contributed by atoms with Crippen molar-refractivity contribution in [3.8, 4) is 0 Å². The van der Waals surface area contributed by atoms with E-state index in [1.54, 1.807) is 32.0 Å². The quantitative estimate of drug-likeness (QED) is 0.732. The Bertz CT molecular complexity index is 695. The summed E-state index contributed by atoms with van der Waals surface area (Å²) in [6.07, 6.45) is 0.742. The van der Waals surface area contributed by atoms with Crippen molar-refractivity contribution in [3.05, 3.63) is 53.7 Å². The zero-order chi connectivity index (χ0) is 17.7. The van der Waals surface area contributed by atoms with E-state index < -0.39 is 29.8 Å². The second-order valence-corrected chi connectivity index (χ2v) is 5.61. The molecule has 0 aliphatic rings. The Kier molecular flexibility index (Phi) is 5.70. The van der Waals surface area contributed by atoms with E-state index in [0.29, 0.717) is 11.3 Å². The number of hydrogen-bond donors (Lipinski definition) is 3. The van der Waals surface area contributed by atoms with E-state index in [9.17, 15) is 19.1 Å². The number of benzene rings is 1. The maximum atomic E-state index is 13.3. The van der Waals surface area contributed by atoms with Gasteiger partial charge in [-0.2, -0.15) is 0 Å². The molecule has 0 saturated carbocycles. The maximum absolute atomic E-state index is 13.3. The lowest BCUT2D eigenvalue weighted by molar-refractivity contribution is -0.136. The number of amides is 2. The van der Waals surface area contributed by atoms with Crippen LogP contribution in [-0.4, -0.2) is 23.0 Å². The van der Waals surface area contributed by atoms with Crippen LogP contribution in [0.25, 0.3) is 0 Å². The Morgan fingerprint density at radius 1 is 1.29 bits per heavy atom. The number of carbonyl (C=O) groups is 2. The number of aliphatic hydroxyl groups excluding tert-OH is 1. The molecular weight excluding hydrogens is 315 g/mol. The van der Waals surface area contributed by atoms with Gasteiger partial charge in [-0.15, -0.1) is 0 Å². The molecule has 0 spiro atoms. The number of anilines is 1. The molecule has 7 heteroatoms. The molecule has 1 aromatic carbocycles. The highest BCUT2D eigenvalue weighted by Gasteiger charge is 2.20. The molecule has 0 radical (unpaired) electrons. The van der Waals surface area contributed by atoms with Gasteiger partial charge < -0.3 is 20.2 Å². The molecule has 0 saturated heterocycles. The van der Waals surface area contributed by atoms with Gasteiger partial charge in [-0.1, -0.05) is 0 Å². The van der Waals surface area contributed by atoms with Crippen LogP contribution in [0.4, 0.5) is 10.1 Å². The number of nitrogens with one attached hydrogen (secondary N) is 2. The smallest absolute Gasteiger partial charge is 0.313 e. The highest BCUT2D eigenvalue weighted by atomic mass is 19.1. The summed E-state index contributed by atoms with van der Waals surface area (Å²) in [5.41, 5.74) is 0.830. The SMILES string of the molecule is Cc1cc(F)cc(NC(=O)C(=O)NC(C)CC(O)c2ccco2)c1. The molecule has 24 heavy (non-hydrogen) atoms. The van der Waals surface area contributed by atoms with Crippen molar-refractivity contribution in [3.63, 3.8) is 0 Å². The summed E-state index contributed by atoms with van der Waals surface area (Å²) in [5, 5.41) is 14.8. The minimum Gasteiger partial charge on any atom is -0.467 e. The average Bonchev–Trinajstić information content (AvgIpc) is 2.99. The number of aliphatic hydroxyl groups is 1. The van der Waals surface area contributed by atoms with Gasteiger partial charge >= 0.3 is 11.8 Å². The largest absolute Gasteiger partial charge is 0.467 e. The van der Waals surface area contributed by atoms with Crippen molar-refractivity contribution in [2.75, 3.05) is 5.32 Å². The van der Waals surface area contributed by atoms with Crippen LogP contribution in [0.1, 0.15) is 30.8 Å². The zero-order valence-electron chi connectivity index (χ0n) is 13.4. The minimum atomic E-state index is -0.903.